The lowest BCUT2D eigenvalue weighted by Crippen LogP contribution is -2.23. The molecule has 0 aliphatic carbocycles. The Morgan fingerprint density at radius 1 is 1.29 bits per heavy atom. The summed E-state index contributed by atoms with van der Waals surface area (Å²) in [7, 11) is -1.90. The average Bonchev–Trinajstić information content (AvgIpc) is 2.39. The number of amides is 1. The Labute approximate surface area is 125 Å². The number of sulfonamides is 1. The molecule has 118 valence electrons. The van der Waals surface area contributed by atoms with Gasteiger partial charge in [-0.05, 0) is 36.1 Å². The van der Waals surface area contributed by atoms with Gasteiger partial charge in [0.25, 0.3) is 0 Å². The first-order valence-corrected chi connectivity index (χ1v) is 8.29. The SMILES string of the molecule is CCS(=O)(=O)Nc1ccc(OC(=O)NC)cc1C(C)(C)C. The number of ether oxygens (including phenoxy) is 1. The number of carbonyl (C=O) groups is 1. The third-order valence-corrected chi connectivity index (χ3v) is 4.15. The van der Waals surface area contributed by atoms with Crippen molar-refractivity contribution in [2.45, 2.75) is 33.1 Å². The van der Waals surface area contributed by atoms with Gasteiger partial charge in [-0.15, -0.1) is 0 Å². The van der Waals surface area contributed by atoms with Crippen molar-refractivity contribution in [1.82, 2.24) is 5.32 Å². The molecule has 1 aromatic rings. The standard InChI is InChI=1S/C14H22N2O4S/c1-6-21(18,19)16-12-8-7-10(20-13(17)15-5)9-11(12)14(2,3)4/h7-9,16H,6H2,1-5H3,(H,15,17). The Kier molecular flexibility index (Phi) is 5.22. The first kappa shape index (κ1) is 17.3. The van der Waals surface area contributed by atoms with E-state index in [0.29, 0.717) is 11.4 Å². The van der Waals surface area contributed by atoms with Crippen LogP contribution in [0.4, 0.5) is 10.5 Å². The Balaban J connectivity index is 3.24. The van der Waals surface area contributed by atoms with Crippen LogP contribution in [0.15, 0.2) is 18.2 Å². The number of nitrogens with one attached hydrogen (secondary N) is 2. The highest BCUT2D eigenvalue weighted by molar-refractivity contribution is 7.92. The molecule has 7 heteroatoms. The average molecular weight is 314 g/mol. The molecule has 0 radical (unpaired) electrons. The lowest BCUT2D eigenvalue weighted by atomic mass is 9.86. The topological polar surface area (TPSA) is 84.5 Å². The molecule has 0 atom stereocenters. The van der Waals surface area contributed by atoms with Gasteiger partial charge in [-0.1, -0.05) is 20.8 Å². The van der Waals surface area contributed by atoms with E-state index in [-0.39, 0.29) is 11.2 Å². The first-order valence-electron chi connectivity index (χ1n) is 6.63. The summed E-state index contributed by atoms with van der Waals surface area (Å²) in [4.78, 5) is 11.3. The molecule has 1 rings (SSSR count). The van der Waals surface area contributed by atoms with E-state index in [2.05, 4.69) is 10.0 Å². The molecule has 21 heavy (non-hydrogen) atoms. The zero-order chi connectivity index (χ0) is 16.3. The molecule has 0 unspecified atom stereocenters. The van der Waals surface area contributed by atoms with Crippen LogP contribution in [0.2, 0.25) is 0 Å². The van der Waals surface area contributed by atoms with Gasteiger partial charge in [0.15, 0.2) is 0 Å². The van der Waals surface area contributed by atoms with Gasteiger partial charge in [-0.3, -0.25) is 4.72 Å². The second kappa shape index (κ2) is 6.34. The molecule has 0 aliphatic heterocycles. The van der Waals surface area contributed by atoms with Crippen LogP contribution in [-0.4, -0.2) is 27.3 Å². The fourth-order valence-electron chi connectivity index (χ4n) is 1.69. The van der Waals surface area contributed by atoms with Crippen molar-refractivity contribution in [2.24, 2.45) is 0 Å². The Morgan fingerprint density at radius 2 is 1.90 bits per heavy atom. The third kappa shape index (κ3) is 4.93. The van der Waals surface area contributed by atoms with E-state index in [9.17, 15) is 13.2 Å². The lowest BCUT2D eigenvalue weighted by molar-refractivity contribution is 0.203. The molecule has 0 fully saturated rings. The van der Waals surface area contributed by atoms with E-state index >= 15 is 0 Å². The molecule has 0 saturated heterocycles. The minimum absolute atomic E-state index is 0.00687. The lowest BCUT2D eigenvalue weighted by Gasteiger charge is -2.24. The summed E-state index contributed by atoms with van der Waals surface area (Å²) in [5, 5.41) is 2.36. The summed E-state index contributed by atoms with van der Waals surface area (Å²) in [6.45, 7) is 7.43. The molecule has 0 heterocycles. The maximum Gasteiger partial charge on any atom is 0.412 e. The van der Waals surface area contributed by atoms with Crippen molar-refractivity contribution in [3.63, 3.8) is 0 Å². The number of rotatable bonds is 4. The van der Waals surface area contributed by atoms with Gasteiger partial charge < -0.3 is 10.1 Å². The van der Waals surface area contributed by atoms with Crippen LogP contribution in [-0.2, 0) is 15.4 Å². The fraction of sp³-hybridized carbons (Fsp3) is 0.500. The van der Waals surface area contributed by atoms with Crippen LogP contribution < -0.4 is 14.8 Å². The van der Waals surface area contributed by atoms with Gasteiger partial charge in [-0.25, -0.2) is 13.2 Å². The molecule has 0 saturated carbocycles. The van der Waals surface area contributed by atoms with Crippen LogP contribution in [0.1, 0.15) is 33.3 Å². The van der Waals surface area contributed by atoms with E-state index in [1.54, 1.807) is 25.1 Å². The summed E-state index contributed by atoms with van der Waals surface area (Å²) in [5.41, 5.74) is 0.933. The zero-order valence-electron chi connectivity index (χ0n) is 13.0. The second-order valence-electron chi connectivity index (χ2n) is 5.60. The van der Waals surface area contributed by atoms with Crippen molar-refractivity contribution >= 4 is 21.8 Å². The highest BCUT2D eigenvalue weighted by Crippen LogP contribution is 2.33. The van der Waals surface area contributed by atoms with Gasteiger partial charge in [0.1, 0.15) is 5.75 Å². The minimum Gasteiger partial charge on any atom is -0.410 e. The maximum absolute atomic E-state index is 11.8. The Hall–Kier alpha value is -1.76. The van der Waals surface area contributed by atoms with Crippen LogP contribution in [0.25, 0.3) is 0 Å². The van der Waals surface area contributed by atoms with Crippen LogP contribution in [0.5, 0.6) is 5.75 Å². The van der Waals surface area contributed by atoms with Crippen LogP contribution in [0, 0.1) is 0 Å². The number of carbonyl (C=O) groups excluding carboxylic acids is 1. The highest BCUT2D eigenvalue weighted by Gasteiger charge is 2.21. The smallest absolute Gasteiger partial charge is 0.410 e. The van der Waals surface area contributed by atoms with E-state index in [4.69, 9.17) is 4.74 Å². The van der Waals surface area contributed by atoms with Crippen molar-refractivity contribution in [1.29, 1.82) is 0 Å². The van der Waals surface area contributed by atoms with E-state index in [1.807, 2.05) is 20.8 Å². The molecule has 0 aliphatic rings. The fourth-order valence-corrected chi connectivity index (χ4v) is 2.35. The van der Waals surface area contributed by atoms with Gasteiger partial charge in [0, 0.05) is 7.05 Å². The van der Waals surface area contributed by atoms with Crippen molar-refractivity contribution in [3.05, 3.63) is 23.8 Å². The van der Waals surface area contributed by atoms with Gasteiger partial charge in [0.2, 0.25) is 10.0 Å². The number of benzene rings is 1. The second-order valence-corrected chi connectivity index (χ2v) is 7.61. The van der Waals surface area contributed by atoms with E-state index in [1.165, 1.54) is 7.05 Å². The van der Waals surface area contributed by atoms with Gasteiger partial charge in [0.05, 0.1) is 11.4 Å². The molecule has 1 aromatic carbocycles. The largest absolute Gasteiger partial charge is 0.412 e. The van der Waals surface area contributed by atoms with Crippen LogP contribution >= 0.6 is 0 Å². The molecule has 0 aromatic heterocycles. The molecule has 1 amide bonds. The van der Waals surface area contributed by atoms with Gasteiger partial charge in [-0.2, -0.15) is 0 Å². The summed E-state index contributed by atoms with van der Waals surface area (Å²) >= 11 is 0. The maximum atomic E-state index is 11.8. The summed E-state index contributed by atoms with van der Waals surface area (Å²) < 4.78 is 31.1. The molecule has 0 bridgehead atoms. The summed E-state index contributed by atoms with van der Waals surface area (Å²) in [6, 6.07) is 4.83. The summed E-state index contributed by atoms with van der Waals surface area (Å²) in [6.07, 6.45) is -0.572. The predicted molar refractivity (Wildman–Crippen MR) is 83.3 cm³/mol. The van der Waals surface area contributed by atoms with Crippen molar-refractivity contribution in [2.75, 3.05) is 17.5 Å². The number of hydrogen-bond acceptors (Lipinski definition) is 4. The Bertz CT molecular complexity index is 618. The predicted octanol–water partition coefficient (Wildman–Crippen LogP) is 2.46. The zero-order valence-corrected chi connectivity index (χ0v) is 13.8. The van der Waals surface area contributed by atoms with Crippen molar-refractivity contribution in [3.8, 4) is 5.75 Å². The Morgan fingerprint density at radius 3 is 2.38 bits per heavy atom. The molecular weight excluding hydrogens is 292 g/mol. The minimum atomic E-state index is -3.37. The quantitative estimate of drug-likeness (QED) is 0.894. The van der Waals surface area contributed by atoms with E-state index in [0.717, 1.165) is 5.56 Å². The van der Waals surface area contributed by atoms with Crippen molar-refractivity contribution < 1.29 is 17.9 Å². The number of hydrogen-bond donors (Lipinski definition) is 2. The normalized spacial score (nSPS) is 11.9. The van der Waals surface area contributed by atoms with Gasteiger partial charge >= 0.3 is 6.09 Å². The van der Waals surface area contributed by atoms with Crippen LogP contribution in [0.3, 0.4) is 0 Å². The highest BCUT2D eigenvalue weighted by atomic mass is 32.2. The van der Waals surface area contributed by atoms with E-state index < -0.39 is 16.1 Å². The molecular formula is C14H22N2O4S. The monoisotopic (exact) mass is 314 g/mol. The molecule has 0 spiro atoms. The molecule has 6 nitrogen and oxygen atoms in total. The number of anilines is 1. The summed E-state index contributed by atoms with van der Waals surface area (Å²) in [5.74, 6) is 0.353. The first-order chi connectivity index (χ1) is 9.59. The third-order valence-electron chi connectivity index (χ3n) is 2.86. The molecule has 2 N–H and O–H groups in total.